The third-order valence-corrected chi connectivity index (χ3v) is 4.23. The molecular weight excluding hydrogens is 286 g/mol. The minimum atomic E-state index is 0.00250. The topological polar surface area (TPSA) is 30.5 Å². The highest BCUT2D eigenvalue weighted by molar-refractivity contribution is 6.31. The molecule has 0 atom stereocenters. The molecule has 1 N–H and O–H groups in total. The van der Waals surface area contributed by atoms with Gasteiger partial charge >= 0.3 is 0 Å². The number of benzene rings is 1. The van der Waals surface area contributed by atoms with Crippen LogP contribution >= 0.6 is 11.6 Å². The Morgan fingerprint density at radius 3 is 2.48 bits per heavy atom. The highest BCUT2D eigenvalue weighted by Crippen LogP contribution is 2.41. The molecule has 1 heterocycles. The van der Waals surface area contributed by atoms with Gasteiger partial charge in [0.2, 0.25) is 0 Å². The number of hydrogen-bond acceptors (Lipinski definition) is 3. The Morgan fingerprint density at radius 1 is 1.14 bits per heavy atom. The van der Waals surface area contributed by atoms with E-state index in [2.05, 4.69) is 32.2 Å². The largest absolute Gasteiger partial charge is 0.490 e. The van der Waals surface area contributed by atoms with Gasteiger partial charge in [-0.2, -0.15) is 0 Å². The Hall–Kier alpha value is -0.930. The summed E-state index contributed by atoms with van der Waals surface area (Å²) in [5.74, 6) is 1.59. The van der Waals surface area contributed by atoms with Crippen LogP contribution < -0.4 is 14.8 Å². The molecule has 0 fully saturated rings. The van der Waals surface area contributed by atoms with Crippen molar-refractivity contribution in [2.45, 2.75) is 45.4 Å². The zero-order valence-corrected chi connectivity index (χ0v) is 14.1. The van der Waals surface area contributed by atoms with E-state index in [9.17, 15) is 0 Å². The standard InChI is InChI=1S/C17H26ClNO2/c1-4-7-19-8-6-17(2,3)13-11-15-16(12-14(13)18)21-10-5-9-20-15/h11-12,19H,4-10H2,1-3H3. The molecule has 0 bridgehead atoms. The Bertz CT molecular complexity index is 474. The van der Waals surface area contributed by atoms with Gasteiger partial charge in [0.1, 0.15) is 0 Å². The van der Waals surface area contributed by atoms with Crippen molar-refractivity contribution < 1.29 is 9.47 Å². The molecule has 1 aliphatic rings. The van der Waals surface area contributed by atoms with E-state index in [0.29, 0.717) is 13.2 Å². The van der Waals surface area contributed by atoms with Gasteiger partial charge in [0.05, 0.1) is 13.2 Å². The summed E-state index contributed by atoms with van der Waals surface area (Å²) in [7, 11) is 0. The fraction of sp³-hybridized carbons (Fsp3) is 0.647. The number of hydrogen-bond donors (Lipinski definition) is 1. The van der Waals surface area contributed by atoms with Crippen LogP contribution in [0.15, 0.2) is 12.1 Å². The predicted octanol–water partition coefficient (Wildman–Crippen LogP) is 4.17. The van der Waals surface area contributed by atoms with Gasteiger partial charge in [0, 0.05) is 17.5 Å². The summed E-state index contributed by atoms with van der Waals surface area (Å²) in [6, 6.07) is 3.96. The van der Waals surface area contributed by atoms with E-state index in [1.54, 1.807) is 0 Å². The van der Waals surface area contributed by atoms with Crippen molar-refractivity contribution >= 4 is 11.6 Å². The highest BCUT2D eigenvalue weighted by atomic mass is 35.5. The SMILES string of the molecule is CCCNCCC(C)(C)c1cc2c(cc1Cl)OCCCO2. The van der Waals surface area contributed by atoms with Crippen LogP contribution in [0.2, 0.25) is 5.02 Å². The molecule has 0 radical (unpaired) electrons. The quantitative estimate of drug-likeness (QED) is 0.800. The van der Waals surface area contributed by atoms with Crippen LogP contribution in [0.1, 0.15) is 45.6 Å². The molecule has 0 saturated carbocycles. The van der Waals surface area contributed by atoms with Crippen LogP contribution in [-0.2, 0) is 5.41 Å². The van der Waals surface area contributed by atoms with E-state index in [1.165, 1.54) is 0 Å². The second-order valence-corrected chi connectivity index (χ2v) is 6.62. The predicted molar refractivity (Wildman–Crippen MR) is 87.9 cm³/mol. The summed E-state index contributed by atoms with van der Waals surface area (Å²) in [5.41, 5.74) is 1.13. The molecule has 0 spiro atoms. The van der Waals surface area contributed by atoms with Crippen LogP contribution in [0.3, 0.4) is 0 Å². The van der Waals surface area contributed by atoms with Crippen molar-refractivity contribution in [2.75, 3.05) is 26.3 Å². The number of halogens is 1. The molecule has 0 aromatic heterocycles. The van der Waals surface area contributed by atoms with Gasteiger partial charge in [0.25, 0.3) is 0 Å². The lowest BCUT2D eigenvalue weighted by atomic mass is 9.81. The second kappa shape index (κ2) is 7.37. The van der Waals surface area contributed by atoms with E-state index in [1.807, 2.05) is 6.07 Å². The van der Waals surface area contributed by atoms with E-state index < -0.39 is 0 Å². The number of fused-ring (bicyclic) bond motifs is 1. The lowest BCUT2D eigenvalue weighted by Crippen LogP contribution is -2.26. The summed E-state index contributed by atoms with van der Waals surface area (Å²) in [6.07, 6.45) is 3.10. The Kier molecular flexibility index (Phi) is 5.77. The molecule has 3 nitrogen and oxygen atoms in total. The molecule has 4 heteroatoms. The van der Waals surface area contributed by atoms with E-state index >= 15 is 0 Å². The van der Waals surface area contributed by atoms with Crippen molar-refractivity contribution in [1.82, 2.24) is 5.32 Å². The maximum atomic E-state index is 6.48. The molecule has 0 aliphatic carbocycles. The average molecular weight is 312 g/mol. The maximum Gasteiger partial charge on any atom is 0.162 e. The zero-order valence-electron chi connectivity index (χ0n) is 13.3. The lowest BCUT2D eigenvalue weighted by Gasteiger charge is -2.27. The summed E-state index contributed by atoms with van der Waals surface area (Å²) in [4.78, 5) is 0. The van der Waals surface area contributed by atoms with E-state index in [4.69, 9.17) is 21.1 Å². The van der Waals surface area contributed by atoms with Gasteiger partial charge in [-0.25, -0.2) is 0 Å². The monoisotopic (exact) mass is 311 g/mol. The van der Waals surface area contributed by atoms with Gasteiger partial charge in [-0.3, -0.25) is 0 Å². The molecule has 0 saturated heterocycles. The lowest BCUT2D eigenvalue weighted by molar-refractivity contribution is 0.296. The first-order valence-electron chi connectivity index (χ1n) is 7.85. The van der Waals surface area contributed by atoms with Gasteiger partial charge < -0.3 is 14.8 Å². The van der Waals surface area contributed by atoms with Crippen LogP contribution in [0.5, 0.6) is 11.5 Å². The Morgan fingerprint density at radius 2 is 1.81 bits per heavy atom. The molecule has 1 aromatic rings. The minimum absolute atomic E-state index is 0.00250. The molecule has 21 heavy (non-hydrogen) atoms. The van der Waals surface area contributed by atoms with Crippen molar-refractivity contribution in [3.05, 3.63) is 22.7 Å². The molecule has 2 rings (SSSR count). The summed E-state index contributed by atoms with van der Waals surface area (Å²) < 4.78 is 11.5. The molecule has 0 amide bonds. The fourth-order valence-electron chi connectivity index (χ4n) is 2.54. The van der Waals surface area contributed by atoms with Crippen molar-refractivity contribution in [3.63, 3.8) is 0 Å². The molecule has 1 aliphatic heterocycles. The Labute approximate surface area is 133 Å². The maximum absolute atomic E-state index is 6.48. The summed E-state index contributed by atoms with van der Waals surface area (Å²) in [6.45, 7) is 10.1. The fourth-order valence-corrected chi connectivity index (χ4v) is 2.95. The Balaban J connectivity index is 2.16. The smallest absolute Gasteiger partial charge is 0.162 e. The number of ether oxygens (including phenoxy) is 2. The van der Waals surface area contributed by atoms with Crippen LogP contribution in [0.4, 0.5) is 0 Å². The van der Waals surface area contributed by atoms with Crippen molar-refractivity contribution in [1.29, 1.82) is 0 Å². The molecule has 118 valence electrons. The highest BCUT2D eigenvalue weighted by Gasteiger charge is 2.25. The first-order valence-corrected chi connectivity index (χ1v) is 8.23. The van der Waals surface area contributed by atoms with E-state index in [-0.39, 0.29) is 5.41 Å². The summed E-state index contributed by atoms with van der Waals surface area (Å²) in [5, 5.41) is 4.22. The molecule has 1 aromatic carbocycles. The van der Waals surface area contributed by atoms with Gasteiger partial charge in [-0.1, -0.05) is 32.4 Å². The normalized spacial score (nSPS) is 14.9. The van der Waals surface area contributed by atoms with Crippen LogP contribution in [0, 0.1) is 0 Å². The van der Waals surface area contributed by atoms with Gasteiger partial charge in [0.15, 0.2) is 11.5 Å². The van der Waals surface area contributed by atoms with Gasteiger partial charge in [-0.15, -0.1) is 0 Å². The third kappa shape index (κ3) is 4.27. The van der Waals surface area contributed by atoms with Crippen molar-refractivity contribution in [2.24, 2.45) is 0 Å². The van der Waals surface area contributed by atoms with E-state index in [0.717, 1.165) is 54.4 Å². The number of nitrogens with one attached hydrogen (secondary N) is 1. The summed E-state index contributed by atoms with van der Waals surface area (Å²) >= 11 is 6.48. The third-order valence-electron chi connectivity index (χ3n) is 3.92. The number of rotatable bonds is 6. The first kappa shape index (κ1) is 16.4. The second-order valence-electron chi connectivity index (χ2n) is 6.21. The first-order chi connectivity index (χ1) is 10.0. The molecular formula is C17H26ClNO2. The van der Waals surface area contributed by atoms with Crippen molar-refractivity contribution in [3.8, 4) is 11.5 Å². The van der Waals surface area contributed by atoms with Gasteiger partial charge in [-0.05, 0) is 43.0 Å². The van der Waals surface area contributed by atoms with Crippen LogP contribution in [-0.4, -0.2) is 26.3 Å². The van der Waals surface area contributed by atoms with Crippen LogP contribution in [0.25, 0.3) is 0 Å². The zero-order chi connectivity index (χ0) is 15.3. The average Bonchev–Trinajstić information content (AvgIpc) is 2.67. The minimum Gasteiger partial charge on any atom is -0.490 e. The molecule has 0 unspecified atom stereocenters.